The zero-order valence-corrected chi connectivity index (χ0v) is 12.3. The van der Waals surface area contributed by atoms with Crippen LogP contribution in [0.2, 0.25) is 0 Å². The van der Waals surface area contributed by atoms with Gasteiger partial charge in [-0.15, -0.1) is 11.3 Å². The van der Waals surface area contributed by atoms with Crippen molar-refractivity contribution in [1.82, 2.24) is 10.3 Å². The Kier molecular flexibility index (Phi) is 6.07. The first kappa shape index (κ1) is 14.9. The summed E-state index contributed by atoms with van der Waals surface area (Å²) in [6, 6.07) is 0.153. The minimum absolute atomic E-state index is 0.153. The molecule has 5 nitrogen and oxygen atoms in total. The topological polar surface area (TPSA) is 72.5 Å². The largest absolute Gasteiger partial charge is 0.383 e. The van der Waals surface area contributed by atoms with Gasteiger partial charge in [0.1, 0.15) is 0 Å². The number of thiazole rings is 1. The molecule has 1 atom stereocenters. The molecule has 0 saturated carbocycles. The molecule has 102 valence electrons. The Balaban J connectivity index is 2.46. The van der Waals surface area contributed by atoms with Crippen LogP contribution in [0.3, 0.4) is 0 Å². The number of nitrogens with two attached hydrogens (primary N) is 1. The zero-order chi connectivity index (χ0) is 13.5. The van der Waals surface area contributed by atoms with E-state index in [-0.39, 0.29) is 6.04 Å². The number of nitrogens with zero attached hydrogens (tertiary/aromatic N) is 2. The number of guanidine groups is 1. The van der Waals surface area contributed by atoms with Gasteiger partial charge in [0.25, 0.3) is 0 Å². The molecule has 0 amide bonds. The maximum absolute atomic E-state index is 5.78. The number of ether oxygens (including phenoxy) is 1. The van der Waals surface area contributed by atoms with Gasteiger partial charge < -0.3 is 15.8 Å². The van der Waals surface area contributed by atoms with E-state index in [1.54, 1.807) is 18.4 Å². The first-order valence-electron chi connectivity index (χ1n) is 6.02. The van der Waals surface area contributed by atoms with Crippen molar-refractivity contribution in [2.24, 2.45) is 10.7 Å². The second-order valence-corrected chi connectivity index (χ2v) is 5.42. The molecular formula is C12H22N4OS. The molecule has 0 aliphatic heterocycles. The fourth-order valence-electron chi connectivity index (χ4n) is 1.42. The average molecular weight is 270 g/mol. The van der Waals surface area contributed by atoms with Gasteiger partial charge in [-0.2, -0.15) is 0 Å². The van der Waals surface area contributed by atoms with Gasteiger partial charge in [-0.25, -0.2) is 9.98 Å². The summed E-state index contributed by atoms with van der Waals surface area (Å²) in [5, 5.41) is 6.23. The summed E-state index contributed by atoms with van der Waals surface area (Å²) in [5.41, 5.74) is 6.74. The molecule has 0 fully saturated rings. The molecule has 1 aromatic rings. The summed E-state index contributed by atoms with van der Waals surface area (Å²) in [7, 11) is 1.66. The highest BCUT2D eigenvalue weighted by molar-refractivity contribution is 7.09. The lowest BCUT2D eigenvalue weighted by molar-refractivity contribution is 0.179. The number of hydrogen-bond acceptors (Lipinski definition) is 4. The van der Waals surface area contributed by atoms with Crippen LogP contribution in [0.4, 0.5) is 0 Å². The smallest absolute Gasteiger partial charge is 0.189 e. The van der Waals surface area contributed by atoms with Crippen LogP contribution >= 0.6 is 11.3 Å². The normalized spacial score (nSPS) is 13.9. The van der Waals surface area contributed by atoms with Crippen molar-refractivity contribution in [3.05, 3.63) is 16.1 Å². The summed E-state index contributed by atoms with van der Waals surface area (Å²) in [6.07, 6.45) is 0. The van der Waals surface area contributed by atoms with Gasteiger partial charge >= 0.3 is 0 Å². The zero-order valence-electron chi connectivity index (χ0n) is 11.4. The van der Waals surface area contributed by atoms with Gasteiger partial charge in [0.2, 0.25) is 0 Å². The van der Waals surface area contributed by atoms with E-state index in [1.807, 2.05) is 12.3 Å². The number of aliphatic imine (C=N–C) groups is 1. The highest BCUT2D eigenvalue weighted by Crippen LogP contribution is 2.19. The summed E-state index contributed by atoms with van der Waals surface area (Å²) < 4.78 is 5.01. The molecule has 0 radical (unpaired) electrons. The lowest BCUT2D eigenvalue weighted by Gasteiger charge is -2.12. The van der Waals surface area contributed by atoms with E-state index in [0.717, 1.165) is 10.7 Å². The Bertz CT molecular complexity index is 389. The van der Waals surface area contributed by atoms with Crippen LogP contribution in [-0.2, 0) is 11.3 Å². The number of rotatable bonds is 6. The van der Waals surface area contributed by atoms with Crippen LogP contribution in [0.1, 0.15) is 37.4 Å². The molecule has 3 N–H and O–H groups in total. The van der Waals surface area contributed by atoms with Crippen LogP contribution in [0.5, 0.6) is 0 Å². The molecule has 1 aromatic heterocycles. The van der Waals surface area contributed by atoms with Crippen molar-refractivity contribution >= 4 is 17.3 Å². The average Bonchev–Trinajstić information content (AvgIpc) is 2.75. The molecule has 0 aliphatic carbocycles. The van der Waals surface area contributed by atoms with E-state index in [2.05, 4.69) is 29.1 Å². The molecular weight excluding hydrogens is 248 g/mol. The lowest BCUT2D eigenvalue weighted by atomic mass is 10.2. The van der Waals surface area contributed by atoms with Crippen molar-refractivity contribution < 1.29 is 4.74 Å². The molecule has 0 aromatic carbocycles. The molecule has 1 heterocycles. The summed E-state index contributed by atoms with van der Waals surface area (Å²) in [6.45, 7) is 7.38. The minimum atomic E-state index is 0.153. The molecule has 1 unspecified atom stereocenters. The van der Waals surface area contributed by atoms with Crippen LogP contribution in [0, 0.1) is 0 Å². The molecule has 6 heteroatoms. The van der Waals surface area contributed by atoms with Crippen LogP contribution in [-0.4, -0.2) is 30.7 Å². The molecule has 0 saturated heterocycles. The van der Waals surface area contributed by atoms with Crippen molar-refractivity contribution in [3.63, 3.8) is 0 Å². The van der Waals surface area contributed by atoms with E-state index in [1.165, 1.54) is 0 Å². The van der Waals surface area contributed by atoms with Gasteiger partial charge in [0.05, 0.1) is 23.9 Å². The minimum Gasteiger partial charge on any atom is -0.383 e. The molecule has 18 heavy (non-hydrogen) atoms. The van der Waals surface area contributed by atoms with E-state index in [0.29, 0.717) is 25.0 Å². The standard InChI is InChI=1S/C12H22N4OS/c1-8(2)11-16-10(7-18-11)5-14-12(13)15-9(3)6-17-4/h7-9H,5-6H2,1-4H3,(H3,13,14,15). The van der Waals surface area contributed by atoms with E-state index >= 15 is 0 Å². The maximum Gasteiger partial charge on any atom is 0.189 e. The van der Waals surface area contributed by atoms with E-state index in [4.69, 9.17) is 10.5 Å². The Morgan fingerprint density at radius 3 is 2.83 bits per heavy atom. The number of aromatic nitrogens is 1. The fraction of sp³-hybridized carbons (Fsp3) is 0.667. The Labute approximate surface area is 112 Å². The van der Waals surface area contributed by atoms with E-state index < -0.39 is 0 Å². The van der Waals surface area contributed by atoms with Gasteiger partial charge in [0.15, 0.2) is 5.96 Å². The Morgan fingerprint density at radius 2 is 2.28 bits per heavy atom. The Morgan fingerprint density at radius 1 is 1.56 bits per heavy atom. The second-order valence-electron chi connectivity index (χ2n) is 4.53. The van der Waals surface area contributed by atoms with Crippen molar-refractivity contribution in [3.8, 4) is 0 Å². The van der Waals surface area contributed by atoms with Crippen molar-refractivity contribution in [2.75, 3.05) is 13.7 Å². The van der Waals surface area contributed by atoms with Gasteiger partial charge in [0, 0.05) is 24.4 Å². The van der Waals surface area contributed by atoms with Gasteiger partial charge in [-0.1, -0.05) is 13.8 Å². The maximum atomic E-state index is 5.78. The number of methoxy groups -OCH3 is 1. The molecule has 0 bridgehead atoms. The molecule has 0 spiro atoms. The van der Waals surface area contributed by atoms with Gasteiger partial charge in [-0.05, 0) is 6.92 Å². The monoisotopic (exact) mass is 270 g/mol. The number of nitrogens with one attached hydrogen (secondary N) is 1. The summed E-state index contributed by atoms with van der Waals surface area (Å²) in [4.78, 5) is 8.76. The van der Waals surface area contributed by atoms with E-state index in [9.17, 15) is 0 Å². The number of hydrogen-bond donors (Lipinski definition) is 2. The third-order valence-corrected chi connectivity index (χ3v) is 3.48. The third-order valence-electron chi connectivity index (χ3n) is 2.29. The van der Waals surface area contributed by atoms with Crippen LogP contribution in [0.25, 0.3) is 0 Å². The SMILES string of the molecule is COCC(C)NC(N)=NCc1csc(C(C)C)n1. The van der Waals surface area contributed by atoms with Gasteiger partial charge in [-0.3, -0.25) is 0 Å². The Hall–Kier alpha value is -1.14. The van der Waals surface area contributed by atoms with Crippen molar-refractivity contribution in [1.29, 1.82) is 0 Å². The lowest BCUT2D eigenvalue weighted by Crippen LogP contribution is -2.40. The second kappa shape index (κ2) is 7.33. The first-order chi connectivity index (χ1) is 8.52. The predicted molar refractivity (Wildman–Crippen MR) is 76.0 cm³/mol. The van der Waals surface area contributed by atoms with Crippen molar-refractivity contribution in [2.45, 2.75) is 39.3 Å². The quantitative estimate of drug-likeness (QED) is 0.609. The fourth-order valence-corrected chi connectivity index (χ4v) is 2.24. The van der Waals surface area contributed by atoms with Crippen LogP contribution in [0.15, 0.2) is 10.4 Å². The molecule has 1 rings (SSSR count). The summed E-state index contributed by atoms with van der Waals surface area (Å²) in [5.74, 6) is 0.892. The molecule has 0 aliphatic rings. The van der Waals surface area contributed by atoms with Crippen LogP contribution < -0.4 is 11.1 Å². The highest BCUT2D eigenvalue weighted by Gasteiger charge is 2.06. The summed E-state index contributed by atoms with van der Waals surface area (Å²) >= 11 is 1.67. The predicted octanol–water partition coefficient (Wildman–Crippen LogP) is 1.71. The highest BCUT2D eigenvalue weighted by atomic mass is 32.1. The first-order valence-corrected chi connectivity index (χ1v) is 6.90. The third kappa shape index (κ3) is 5.01.